The molecule has 2 N–H and O–H groups in total. The van der Waals surface area contributed by atoms with Crippen LogP contribution < -0.4 is 0 Å². The summed E-state index contributed by atoms with van der Waals surface area (Å²) in [5.74, 6) is -0.598. The molecule has 4 aromatic rings. The molecule has 0 radical (unpaired) electrons. The van der Waals surface area contributed by atoms with Gasteiger partial charge in [0.05, 0.1) is 6.04 Å². The van der Waals surface area contributed by atoms with Crippen LogP contribution in [0.15, 0.2) is 60.9 Å². The van der Waals surface area contributed by atoms with Gasteiger partial charge in [0.25, 0.3) is 5.91 Å². The lowest BCUT2D eigenvalue weighted by Crippen LogP contribution is -2.29. The average molecular weight is 449 g/mol. The third-order valence-electron chi connectivity index (χ3n) is 5.66. The Kier molecular flexibility index (Phi) is 4.90. The Morgan fingerprint density at radius 1 is 1.22 bits per heavy atom. The fourth-order valence-corrected chi connectivity index (χ4v) is 4.26. The molecule has 1 amide bonds. The monoisotopic (exact) mass is 448 g/mol. The molecule has 0 unspecified atom stereocenters. The van der Waals surface area contributed by atoms with Crippen LogP contribution in [0.25, 0.3) is 11.3 Å². The molecule has 1 atom stereocenters. The van der Waals surface area contributed by atoms with Crippen LogP contribution >= 0.6 is 11.6 Å². The summed E-state index contributed by atoms with van der Waals surface area (Å²) >= 11 is 6.31. The molecule has 0 bridgehead atoms. The van der Waals surface area contributed by atoms with E-state index >= 15 is 0 Å². The lowest BCUT2D eigenvalue weighted by molar-refractivity contribution is 0.0730. The molecule has 1 aliphatic heterocycles. The average Bonchev–Trinajstić information content (AvgIpc) is 3.32. The zero-order valence-corrected chi connectivity index (χ0v) is 17.8. The first-order valence-electron chi connectivity index (χ1n) is 9.97. The standard InChI is InChI=1S/C24H18ClFN4O2/c1-13-9-19(31)17(10-18(13)25)21-20-22(29-28-21)24(32)30(12-14-3-2-8-27-11-14)23(20)15-4-6-16(26)7-5-15/h2-11,23,31H,12H2,1H3,(H,28,29)/t23-/m1/s1. The Balaban J connectivity index is 1.68. The number of fused-ring (bicyclic) bond motifs is 1. The number of amides is 1. The number of carbonyl (C=O) groups excluding carboxylic acids is 1. The highest BCUT2D eigenvalue weighted by atomic mass is 35.5. The molecule has 6 nitrogen and oxygen atoms in total. The Labute approximate surface area is 188 Å². The van der Waals surface area contributed by atoms with E-state index in [4.69, 9.17) is 11.6 Å². The van der Waals surface area contributed by atoms with Crippen LogP contribution in [0.3, 0.4) is 0 Å². The maximum atomic E-state index is 13.7. The van der Waals surface area contributed by atoms with E-state index in [1.807, 2.05) is 6.07 Å². The maximum absolute atomic E-state index is 13.7. The highest BCUT2D eigenvalue weighted by Crippen LogP contribution is 2.45. The molecule has 1 aliphatic rings. The van der Waals surface area contributed by atoms with Gasteiger partial charge in [-0.1, -0.05) is 29.8 Å². The van der Waals surface area contributed by atoms with Crippen LogP contribution in [0, 0.1) is 12.7 Å². The van der Waals surface area contributed by atoms with E-state index < -0.39 is 6.04 Å². The molecule has 2 aromatic heterocycles. The van der Waals surface area contributed by atoms with Crippen LogP contribution in [0.5, 0.6) is 5.75 Å². The summed E-state index contributed by atoms with van der Waals surface area (Å²) in [6.45, 7) is 2.10. The van der Waals surface area contributed by atoms with Gasteiger partial charge in [0.2, 0.25) is 0 Å². The SMILES string of the molecule is Cc1cc(O)c(-c2n[nH]c3c2[C@@H](c2ccc(F)cc2)N(Cc2cccnc2)C3=O)cc1Cl. The van der Waals surface area contributed by atoms with Crippen molar-refractivity contribution in [1.82, 2.24) is 20.1 Å². The van der Waals surface area contributed by atoms with Crippen molar-refractivity contribution in [3.8, 4) is 17.0 Å². The molecule has 0 spiro atoms. The number of pyridine rings is 1. The van der Waals surface area contributed by atoms with Gasteiger partial charge >= 0.3 is 0 Å². The Bertz CT molecular complexity index is 1320. The van der Waals surface area contributed by atoms with Gasteiger partial charge in [0.1, 0.15) is 23.0 Å². The molecule has 160 valence electrons. The largest absolute Gasteiger partial charge is 0.507 e. The number of carbonyl (C=O) groups is 1. The fourth-order valence-electron chi connectivity index (χ4n) is 4.10. The maximum Gasteiger partial charge on any atom is 0.273 e. The van der Waals surface area contributed by atoms with Gasteiger partial charge in [0, 0.05) is 35.1 Å². The molecular weight excluding hydrogens is 431 g/mol. The number of aromatic amines is 1. The number of rotatable bonds is 4. The van der Waals surface area contributed by atoms with Crippen molar-refractivity contribution in [3.63, 3.8) is 0 Å². The molecule has 0 fully saturated rings. The summed E-state index contributed by atoms with van der Waals surface area (Å²) < 4.78 is 13.7. The number of aryl methyl sites for hydroxylation is 1. The van der Waals surface area contributed by atoms with E-state index in [1.54, 1.807) is 54.5 Å². The summed E-state index contributed by atoms with van der Waals surface area (Å²) in [5.41, 5.74) is 4.09. The predicted molar refractivity (Wildman–Crippen MR) is 118 cm³/mol. The summed E-state index contributed by atoms with van der Waals surface area (Å²) in [4.78, 5) is 19.2. The van der Waals surface area contributed by atoms with Crippen molar-refractivity contribution in [2.24, 2.45) is 0 Å². The summed E-state index contributed by atoms with van der Waals surface area (Å²) in [5, 5.41) is 18.3. The van der Waals surface area contributed by atoms with Crippen LogP contribution in [-0.2, 0) is 6.54 Å². The van der Waals surface area contributed by atoms with Gasteiger partial charge in [-0.05, 0) is 53.9 Å². The van der Waals surface area contributed by atoms with Crippen molar-refractivity contribution >= 4 is 17.5 Å². The Morgan fingerprint density at radius 2 is 2.00 bits per heavy atom. The first-order valence-corrected chi connectivity index (χ1v) is 10.3. The van der Waals surface area contributed by atoms with E-state index in [9.17, 15) is 14.3 Å². The number of aromatic hydroxyl groups is 1. The van der Waals surface area contributed by atoms with Crippen molar-refractivity contribution in [1.29, 1.82) is 0 Å². The number of aromatic nitrogens is 3. The summed E-state index contributed by atoms with van der Waals surface area (Å²) in [6.07, 6.45) is 3.37. The first-order chi connectivity index (χ1) is 15.4. The lowest BCUT2D eigenvalue weighted by atomic mass is 9.95. The molecule has 8 heteroatoms. The second-order valence-corrected chi connectivity index (χ2v) is 8.14. The number of phenolic OH excluding ortho intramolecular Hbond substituents is 1. The van der Waals surface area contributed by atoms with Gasteiger partial charge in [-0.15, -0.1) is 0 Å². The van der Waals surface area contributed by atoms with E-state index in [1.165, 1.54) is 12.1 Å². The van der Waals surface area contributed by atoms with E-state index in [0.717, 1.165) is 16.7 Å². The third kappa shape index (κ3) is 3.31. The number of phenols is 1. The minimum atomic E-state index is -0.536. The smallest absolute Gasteiger partial charge is 0.273 e. The molecule has 0 saturated heterocycles. The van der Waals surface area contributed by atoms with Crippen LogP contribution in [0.4, 0.5) is 4.39 Å². The molecule has 0 saturated carbocycles. The highest BCUT2D eigenvalue weighted by molar-refractivity contribution is 6.31. The second-order valence-electron chi connectivity index (χ2n) is 7.73. The molecule has 32 heavy (non-hydrogen) atoms. The number of benzene rings is 2. The number of H-pyrrole nitrogens is 1. The van der Waals surface area contributed by atoms with Gasteiger partial charge in [0.15, 0.2) is 0 Å². The van der Waals surface area contributed by atoms with Crippen LogP contribution in [0.1, 0.15) is 38.8 Å². The van der Waals surface area contributed by atoms with Crippen LogP contribution in [-0.4, -0.2) is 31.1 Å². The normalized spacial score (nSPS) is 15.3. The van der Waals surface area contributed by atoms with E-state index in [0.29, 0.717) is 34.1 Å². The Hall–Kier alpha value is -3.71. The van der Waals surface area contributed by atoms with Crippen molar-refractivity contribution in [2.75, 3.05) is 0 Å². The number of hydrogen-bond donors (Lipinski definition) is 2. The lowest BCUT2D eigenvalue weighted by Gasteiger charge is -2.26. The van der Waals surface area contributed by atoms with Crippen LogP contribution in [0.2, 0.25) is 5.02 Å². The van der Waals surface area contributed by atoms with Gasteiger partial charge in [-0.3, -0.25) is 14.9 Å². The highest BCUT2D eigenvalue weighted by Gasteiger charge is 2.42. The Morgan fingerprint density at radius 3 is 2.72 bits per heavy atom. The zero-order valence-electron chi connectivity index (χ0n) is 17.0. The fraction of sp³-hybridized carbons (Fsp3) is 0.125. The van der Waals surface area contributed by atoms with Gasteiger partial charge in [-0.25, -0.2) is 4.39 Å². The number of nitrogens with one attached hydrogen (secondary N) is 1. The predicted octanol–water partition coefficient (Wildman–Crippen LogP) is 5.02. The number of hydrogen-bond acceptors (Lipinski definition) is 4. The first kappa shape index (κ1) is 20.2. The number of halogens is 2. The van der Waals surface area contributed by atoms with Crippen molar-refractivity contribution < 1.29 is 14.3 Å². The van der Waals surface area contributed by atoms with Gasteiger partial charge < -0.3 is 10.0 Å². The third-order valence-corrected chi connectivity index (χ3v) is 6.06. The van der Waals surface area contributed by atoms with E-state index in [2.05, 4.69) is 15.2 Å². The molecule has 3 heterocycles. The summed E-state index contributed by atoms with van der Waals surface area (Å²) in [6, 6.07) is 12.4. The van der Waals surface area contributed by atoms with Crippen molar-refractivity contribution in [3.05, 3.63) is 99.7 Å². The van der Waals surface area contributed by atoms with Crippen molar-refractivity contribution in [2.45, 2.75) is 19.5 Å². The minimum Gasteiger partial charge on any atom is -0.507 e. The molecule has 0 aliphatic carbocycles. The molecular formula is C24H18ClFN4O2. The quantitative estimate of drug-likeness (QED) is 0.459. The van der Waals surface area contributed by atoms with E-state index in [-0.39, 0.29) is 17.5 Å². The number of nitrogens with zero attached hydrogens (tertiary/aromatic N) is 3. The molecule has 5 rings (SSSR count). The topological polar surface area (TPSA) is 82.1 Å². The molecule has 2 aromatic carbocycles. The minimum absolute atomic E-state index is 0.0113. The van der Waals surface area contributed by atoms with Gasteiger partial charge in [-0.2, -0.15) is 5.10 Å². The zero-order chi connectivity index (χ0) is 22.4. The summed E-state index contributed by atoms with van der Waals surface area (Å²) in [7, 11) is 0. The second kappa shape index (κ2) is 7.76.